The Hall–Kier alpha value is -1.38. The largest absolute Gasteiger partial charge is 0.480 e. The van der Waals surface area contributed by atoms with Crippen molar-refractivity contribution in [2.45, 2.75) is 32.2 Å². The number of halogens is 1. The summed E-state index contributed by atoms with van der Waals surface area (Å²) in [5.74, 6) is -1.03. The predicted molar refractivity (Wildman–Crippen MR) is 80.4 cm³/mol. The fourth-order valence-electron chi connectivity index (χ4n) is 1.78. The zero-order valence-corrected chi connectivity index (χ0v) is 12.8. The molecule has 0 saturated carbocycles. The topological polar surface area (TPSA) is 92.5 Å². The van der Waals surface area contributed by atoms with Crippen molar-refractivity contribution in [1.29, 1.82) is 0 Å². The molecule has 1 rings (SSSR count). The van der Waals surface area contributed by atoms with Crippen molar-refractivity contribution in [2.24, 2.45) is 0 Å². The Morgan fingerprint density at radius 1 is 1.58 bits per heavy atom. The maximum atomic E-state index is 11.3. The van der Waals surface area contributed by atoms with E-state index in [1.165, 1.54) is 19.1 Å². The number of carboxylic acids is 1. The summed E-state index contributed by atoms with van der Waals surface area (Å²) in [5, 5.41) is 23.1. The molecule has 104 valence electrons. The highest BCUT2D eigenvalue weighted by Crippen LogP contribution is 2.30. The highest BCUT2D eigenvalue weighted by molar-refractivity contribution is 14.1. The highest BCUT2D eigenvalue weighted by atomic mass is 127. The molecule has 1 unspecified atom stereocenters. The lowest BCUT2D eigenvalue weighted by molar-refractivity contribution is -0.384. The molecule has 0 saturated heterocycles. The third-order valence-corrected chi connectivity index (χ3v) is 3.46. The number of hydrogen-bond donors (Lipinski definition) is 2. The van der Waals surface area contributed by atoms with Gasteiger partial charge in [0.2, 0.25) is 0 Å². The molecule has 0 aliphatic heterocycles. The molecule has 7 heteroatoms. The Labute approximate surface area is 124 Å². The summed E-state index contributed by atoms with van der Waals surface area (Å²) in [6.45, 7) is 3.39. The van der Waals surface area contributed by atoms with Gasteiger partial charge in [0.05, 0.1) is 4.92 Å². The van der Waals surface area contributed by atoms with Crippen molar-refractivity contribution in [2.75, 3.05) is 5.32 Å². The van der Waals surface area contributed by atoms with Crippen molar-refractivity contribution in [1.82, 2.24) is 0 Å². The van der Waals surface area contributed by atoms with Crippen LogP contribution < -0.4 is 5.32 Å². The molecule has 1 atom stereocenters. The predicted octanol–water partition coefficient (Wildman–Crippen LogP) is 3.25. The molecule has 0 aliphatic rings. The monoisotopic (exact) mass is 378 g/mol. The molecule has 19 heavy (non-hydrogen) atoms. The van der Waals surface area contributed by atoms with Crippen LogP contribution in [0.3, 0.4) is 0 Å². The average Bonchev–Trinajstić information content (AvgIpc) is 2.31. The highest BCUT2D eigenvalue weighted by Gasteiger charge is 2.33. The van der Waals surface area contributed by atoms with Crippen molar-refractivity contribution in [3.05, 3.63) is 31.9 Å². The second-order valence-corrected chi connectivity index (χ2v) is 5.68. The first-order valence-electron chi connectivity index (χ1n) is 5.75. The Morgan fingerprint density at radius 2 is 2.21 bits per heavy atom. The molecule has 1 aromatic rings. The number of carbonyl (C=O) groups is 1. The van der Waals surface area contributed by atoms with Gasteiger partial charge < -0.3 is 10.4 Å². The van der Waals surface area contributed by atoms with Crippen LogP contribution in [0.25, 0.3) is 0 Å². The van der Waals surface area contributed by atoms with E-state index in [2.05, 4.69) is 5.32 Å². The fraction of sp³-hybridized carbons (Fsp3) is 0.417. The molecule has 0 bridgehead atoms. The number of nitro benzene ring substituents is 1. The van der Waals surface area contributed by atoms with E-state index in [1.54, 1.807) is 6.07 Å². The van der Waals surface area contributed by atoms with Crippen LogP contribution >= 0.6 is 22.6 Å². The minimum Gasteiger partial charge on any atom is -0.480 e. The number of aliphatic carboxylic acids is 1. The second kappa shape index (κ2) is 6.18. The molecule has 2 N–H and O–H groups in total. The fourth-order valence-corrected chi connectivity index (χ4v) is 2.26. The minimum atomic E-state index is -1.22. The summed E-state index contributed by atoms with van der Waals surface area (Å²) in [5.41, 5.74) is -1.11. The number of anilines is 1. The van der Waals surface area contributed by atoms with Crippen LogP contribution in [0.1, 0.15) is 26.7 Å². The van der Waals surface area contributed by atoms with E-state index in [1.807, 2.05) is 29.5 Å². The Balaban J connectivity index is 3.16. The van der Waals surface area contributed by atoms with Gasteiger partial charge in [-0.05, 0) is 48.1 Å². The van der Waals surface area contributed by atoms with E-state index < -0.39 is 16.4 Å². The summed E-state index contributed by atoms with van der Waals surface area (Å²) in [6, 6.07) is 4.65. The van der Waals surface area contributed by atoms with Crippen LogP contribution in [0, 0.1) is 13.7 Å². The third-order valence-electron chi connectivity index (χ3n) is 2.79. The van der Waals surface area contributed by atoms with Crippen molar-refractivity contribution >= 4 is 39.9 Å². The molecule has 0 spiro atoms. The molecule has 6 nitrogen and oxygen atoms in total. The second-order valence-electron chi connectivity index (χ2n) is 4.43. The van der Waals surface area contributed by atoms with Gasteiger partial charge in [-0.15, -0.1) is 0 Å². The molecular weight excluding hydrogens is 363 g/mol. The summed E-state index contributed by atoms with van der Waals surface area (Å²) in [6.07, 6.45) is 1.04. The molecule has 0 fully saturated rings. The van der Waals surface area contributed by atoms with E-state index in [0.29, 0.717) is 12.8 Å². The molecule has 0 amide bonds. The van der Waals surface area contributed by atoms with Crippen LogP contribution in [-0.2, 0) is 4.79 Å². The molecule has 1 aromatic carbocycles. The Kier molecular flexibility index (Phi) is 5.10. The summed E-state index contributed by atoms with van der Waals surface area (Å²) in [4.78, 5) is 21.8. The molecule has 0 radical (unpaired) electrons. The number of nitrogens with one attached hydrogen (secondary N) is 1. The molecular formula is C12H15IN2O4. The number of carboxylic acid groups (broad SMARTS) is 1. The van der Waals surface area contributed by atoms with Gasteiger partial charge in [-0.2, -0.15) is 0 Å². The molecule has 0 aromatic heterocycles. The summed E-state index contributed by atoms with van der Waals surface area (Å²) in [7, 11) is 0. The van der Waals surface area contributed by atoms with Crippen molar-refractivity contribution < 1.29 is 14.8 Å². The van der Waals surface area contributed by atoms with E-state index in [4.69, 9.17) is 0 Å². The van der Waals surface area contributed by atoms with Gasteiger partial charge in [0.15, 0.2) is 0 Å². The van der Waals surface area contributed by atoms with Crippen molar-refractivity contribution in [3.63, 3.8) is 0 Å². The maximum absolute atomic E-state index is 11.3. The summed E-state index contributed by atoms with van der Waals surface area (Å²) < 4.78 is 0.724. The van der Waals surface area contributed by atoms with Gasteiger partial charge in [0.1, 0.15) is 11.2 Å². The quantitative estimate of drug-likeness (QED) is 0.450. The lowest BCUT2D eigenvalue weighted by Gasteiger charge is -2.26. The van der Waals surface area contributed by atoms with Gasteiger partial charge >= 0.3 is 5.97 Å². The molecule has 0 aliphatic carbocycles. The normalized spacial score (nSPS) is 13.6. The average molecular weight is 378 g/mol. The first-order chi connectivity index (χ1) is 8.80. The van der Waals surface area contributed by atoms with Gasteiger partial charge in [-0.25, -0.2) is 4.79 Å². The first-order valence-corrected chi connectivity index (χ1v) is 6.83. The Bertz CT molecular complexity index is 507. The lowest BCUT2D eigenvalue weighted by atomic mass is 9.95. The first kappa shape index (κ1) is 15.7. The van der Waals surface area contributed by atoms with Crippen LogP contribution in [0.4, 0.5) is 11.4 Å². The van der Waals surface area contributed by atoms with Gasteiger partial charge in [0.25, 0.3) is 5.69 Å². The van der Waals surface area contributed by atoms with Gasteiger partial charge in [0, 0.05) is 9.64 Å². The third kappa shape index (κ3) is 3.79. The van der Waals surface area contributed by atoms with Crippen LogP contribution in [0.15, 0.2) is 18.2 Å². The van der Waals surface area contributed by atoms with Crippen molar-refractivity contribution in [3.8, 4) is 0 Å². The van der Waals surface area contributed by atoms with E-state index in [-0.39, 0.29) is 11.4 Å². The number of benzene rings is 1. The number of nitrogens with zero attached hydrogens (tertiary/aromatic N) is 1. The SMILES string of the molecule is CCCC(C)(Nc1ccc(I)cc1[N+](=O)[O-])C(=O)O. The van der Waals surface area contributed by atoms with E-state index in [9.17, 15) is 20.0 Å². The van der Waals surface area contributed by atoms with Crippen LogP contribution in [-0.4, -0.2) is 21.5 Å². The standard InChI is InChI=1S/C12H15IN2O4/c1-3-6-12(2,11(16)17)14-9-5-4-8(13)7-10(9)15(18)19/h4-5,7,14H,3,6H2,1-2H3,(H,16,17). The zero-order chi connectivity index (χ0) is 14.6. The van der Waals surface area contributed by atoms with Gasteiger partial charge in [-0.1, -0.05) is 13.3 Å². The Morgan fingerprint density at radius 3 is 2.68 bits per heavy atom. The van der Waals surface area contributed by atoms with Crippen LogP contribution in [0.5, 0.6) is 0 Å². The van der Waals surface area contributed by atoms with Gasteiger partial charge in [-0.3, -0.25) is 10.1 Å². The minimum absolute atomic E-state index is 0.115. The van der Waals surface area contributed by atoms with E-state index in [0.717, 1.165) is 3.57 Å². The zero-order valence-electron chi connectivity index (χ0n) is 10.6. The maximum Gasteiger partial charge on any atom is 0.329 e. The molecule has 0 heterocycles. The number of hydrogen-bond acceptors (Lipinski definition) is 4. The number of nitro groups is 1. The van der Waals surface area contributed by atoms with Crippen LogP contribution in [0.2, 0.25) is 0 Å². The summed E-state index contributed by atoms with van der Waals surface area (Å²) >= 11 is 1.97. The number of rotatable bonds is 6. The lowest BCUT2D eigenvalue weighted by Crippen LogP contribution is -2.43. The van der Waals surface area contributed by atoms with E-state index >= 15 is 0 Å². The smallest absolute Gasteiger partial charge is 0.329 e.